The van der Waals surface area contributed by atoms with Gasteiger partial charge < -0.3 is 15.5 Å². The number of aromatic nitrogens is 4. The van der Waals surface area contributed by atoms with Crippen molar-refractivity contribution >= 4 is 29.4 Å². The lowest BCUT2D eigenvalue weighted by atomic mass is 9.91. The maximum atomic E-state index is 12.2. The molecule has 0 saturated heterocycles. The van der Waals surface area contributed by atoms with Crippen LogP contribution in [-0.2, 0) is 4.79 Å². The Balaban J connectivity index is 1.40. The van der Waals surface area contributed by atoms with Crippen LogP contribution in [0.15, 0.2) is 29.7 Å². The highest BCUT2D eigenvalue weighted by Gasteiger charge is 2.23. The van der Waals surface area contributed by atoms with Crippen molar-refractivity contribution in [2.24, 2.45) is 0 Å². The van der Waals surface area contributed by atoms with Crippen LogP contribution in [0.4, 0.5) is 11.8 Å². The Morgan fingerprint density at radius 1 is 1.11 bits per heavy atom. The fourth-order valence-corrected chi connectivity index (χ4v) is 3.81. The van der Waals surface area contributed by atoms with E-state index in [9.17, 15) is 4.79 Å². The molecule has 1 fully saturated rings. The maximum absolute atomic E-state index is 12.2. The van der Waals surface area contributed by atoms with Crippen LogP contribution in [0.5, 0.6) is 0 Å². The van der Waals surface area contributed by atoms with E-state index in [-0.39, 0.29) is 11.9 Å². The Labute approximate surface area is 170 Å². The molecule has 1 aliphatic rings. The summed E-state index contributed by atoms with van der Waals surface area (Å²) in [6.07, 6.45) is 7.34. The van der Waals surface area contributed by atoms with E-state index < -0.39 is 0 Å². The van der Waals surface area contributed by atoms with E-state index in [1.165, 1.54) is 11.8 Å². The van der Waals surface area contributed by atoms with Crippen LogP contribution in [-0.4, -0.2) is 57.8 Å². The molecule has 1 saturated carbocycles. The normalized spacial score (nSPS) is 19.1. The van der Waals surface area contributed by atoms with Gasteiger partial charge in [0.15, 0.2) is 5.16 Å². The summed E-state index contributed by atoms with van der Waals surface area (Å²) in [6, 6.07) is 4.29. The topological polar surface area (TPSA) is 95.9 Å². The monoisotopic (exact) mass is 401 g/mol. The molecule has 1 amide bonds. The van der Waals surface area contributed by atoms with Crippen molar-refractivity contribution in [1.82, 2.24) is 25.3 Å². The van der Waals surface area contributed by atoms with Crippen LogP contribution in [0.2, 0.25) is 0 Å². The van der Waals surface area contributed by atoms with Crippen LogP contribution in [0, 0.1) is 6.92 Å². The highest BCUT2D eigenvalue weighted by atomic mass is 32.2. The zero-order chi connectivity index (χ0) is 19.9. The van der Waals surface area contributed by atoms with E-state index in [0.717, 1.165) is 37.2 Å². The van der Waals surface area contributed by atoms with Gasteiger partial charge in [-0.2, -0.15) is 4.98 Å². The molecular weight excluding hydrogens is 374 g/mol. The average Bonchev–Trinajstić information content (AvgIpc) is 2.68. The standard InChI is InChI=1S/C19H27N7OS/c1-13-8-10-21-19(22-13)28-12-17(27)23-14-4-6-15(7-5-14)24-18-20-11-9-16(25-18)26(2)3/h8-11,14-15H,4-7,12H2,1-3H3,(H,23,27)(H,20,24,25). The molecule has 2 aromatic heterocycles. The number of anilines is 2. The van der Waals surface area contributed by atoms with Gasteiger partial charge in [0, 0.05) is 44.3 Å². The summed E-state index contributed by atoms with van der Waals surface area (Å²) in [5, 5.41) is 7.19. The number of thioether (sulfide) groups is 1. The summed E-state index contributed by atoms with van der Waals surface area (Å²) in [5.41, 5.74) is 0.906. The molecule has 150 valence electrons. The number of nitrogens with zero attached hydrogens (tertiary/aromatic N) is 5. The number of hydrogen-bond donors (Lipinski definition) is 2. The molecule has 2 N–H and O–H groups in total. The number of carbonyl (C=O) groups excluding carboxylic acids is 1. The van der Waals surface area contributed by atoms with Gasteiger partial charge in [0.05, 0.1) is 5.75 Å². The first-order valence-corrected chi connectivity index (χ1v) is 10.5. The van der Waals surface area contributed by atoms with Crippen molar-refractivity contribution in [3.63, 3.8) is 0 Å². The van der Waals surface area contributed by atoms with Crippen molar-refractivity contribution in [2.75, 3.05) is 30.1 Å². The molecule has 2 aromatic rings. The Bertz CT molecular complexity index is 793. The third-order valence-corrected chi connectivity index (χ3v) is 5.49. The van der Waals surface area contributed by atoms with Crippen LogP contribution in [0.3, 0.4) is 0 Å². The number of amides is 1. The van der Waals surface area contributed by atoms with Crippen molar-refractivity contribution in [3.05, 3.63) is 30.2 Å². The first-order valence-electron chi connectivity index (χ1n) is 9.48. The third-order valence-electron chi connectivity index (χ3n) is 4.63. The van der Waals surface area contributed by atoms with Gasteiger partial charge >= 0.3 is 0 Å². The van der Waals surface area contributed by atoms with Gasteiger partial charge in [-0.15, -0.1) is 0 Å². The minimum atomic E-state index is 0.0357. The lowest BCUT2D eigenvalue weighted by Crippen LogP contribution is -2.41. The zero-order valence-corrected chi connectivity index (χ0v) is 17.4. The Morgan fingerprint density at radius 2 is 1.82 bits per heavy atom. The molecule has 0 radical (unpaired) electrons. The Morgan fingerprint density at radius 3 is 2.54 bits per heavy atom. The van der Waals surface area contributed by atoms with E-state index in [1.54, 1.807) is 12.4 Å². The second kappa shape index (κ2) is 9.68. The van der Waals surface area contributed by atoms with E-state index in [2.05, 4.69) is 30.6 Å². The third kappa shape index (κ3) is 6.05. The first-order chi connectivity index (χ1) is 13.5. The van der Waals surface area contributed by atoms with E-state index in [4.69, 9.17) is 0 Å². The van der Waals surface area contributed by atoms with Gasteiger partial charge in [-0.1, -0.05) is 11.8 Å². The number of nitrogens with one attached hydrogen (secondary N) is 2. The summed E-state index contributed by atoms with van der Waals surface area (Å²) in [6.45, 7) is 1.92. The van der Waals surface area contributed by atoms with Gasteiger partial charge in [0.1, 0.15) is 5.82 Å². The van der Waals surface area contributed by atoms with Crippen molar-refractivity contribution < 1.29 is 4.79 Å². The van der Waals surface area contributed by atoms with Crippen molar-refractivity contribution in [3.8, 4) is 0 Å². The zero-order valence-electron chi connectivity index (χ0n) is 16.6. The predicted octanol–water partition coefficient (Wildman–Crippen LogP) is 2.27. The fraction of sp³-hybridized carbons (Fsp3) is 0.526. The Kier molecular flexibility index (Phi) is 7.02. The second-order valence-corrected chi connectivity index (χ2v) is 8.11. The van der Waals surface area contributed by atoms with E-state index >= 15 is 0 Å². The highest BCUT2D eigenvalue weighted by Crippen LogP contribution is 2.22. The molecule has 2 heterocycles. The summed E-state index contributed by atoms with van der Waals surface area (Å²) >= 11 is 1.37. The number of rotatable bonds is 7. The van der Waals surface area contributed by atoms with Gasteiger partial charge in [0.2, 0.25) is 11.9 Å². The first kappa shape index (κ1) is 20.3. The Hall–Kier alpha value is -2.42. The molecular formula is C19H27N7OS. The van der Waals surface area contributed by atoms with Crippen LogP contribution < -0.4 is 15.5 Å². The van der Waals surface area contributed by atoms with Crippen LogP contribution >= 0.6 is 11.8 Å². The lowest BCUT2D eigenvalue weighted by Gasteiger charge is -2.29. The lowest BCUT2D eigenvalue weighted by molar-refractivity contribution is -0.119. The molecule has 9 heteroatoms. The van der Waals surface area contributed by atoms with Gasteiger partial charge in [-0.05, 0) is 44.7 Å². The predicted molar refractivity (Wildman–Crippen MR) is 112 cm³/mol. The van der Waals surface area contributed by atoms with E-state index in [0.29, 0.717) is 22.9 Å². The molecule has 0 spiro atoms. The minimum Gasteiger partial charge on any atom is -0.363 e. The number of carbonyl (C=O) groups is 1. The molecule has 1 aliphatic carbocycles. The molecule has 28 heavy (non-hydrogen) atoms. The molecule has 0 unspecified atom stereocenters. The van der Waals surface area contributed by atoms with Crippen LogP contribution in [0.25, 0.3) is 0 Å². The maximum Gasteiger partial charge on any atom is 0.230 e. The number of hydrogen-bond acceptors (Lipinski definition) is 8. The highest BCUT2D eigenvalue weighted by molar-refractivity contribution is 7.99. The van der Waals surface area contributed by atoms with Crippen LogP contribution in [0.1, 0.15) is 31.4 Å². The largest absolute Gasteiger partial charge is 0.363 e. The van der Waals surface area contributed by atoms with Crippen molar-refractivity contribution in [1.29, 1.82) is 0 Å². The molecule has 0 bridgehead atoms. The molecule has 3 rings (SSSR count). The van der Waals surface area contributed by atoms with E-state index in [1.807, 2.05) is 38.1 Å². The summed E-state index contributed by atoms with van der Waals surface area (Å²) in [4.78, 5) is 31.5. The SMILES string of the molecule is Cc1ccnc(SCC(=O)NC2CCC(Nc3nccc(N(C)C)n3)CC2)n1. The molecule has 8 nitrogen and oxygen atoms in total. The fourth-order valence-electron chi connectivity index (χ4n) is 3.13. The molecule has 0 atom stereocenters. The second-order valence-electron chi connectivity index (χ2n) is 7.16. The van der Waals surface area contributed by atoms with Gasteiger partial charge in [-0.3, -0.25) is 4.79 Å². The quantitative estimate of drug-likeness (QED) is 0.539. The van der Waals surface area contributed by atoms with Crippen molar-refractivity contribution in [2.45, 2.75) is 49.8 Å². The number of aryl methyl sites for hydroxylation is 1. The molecule has 0 aromatic carbocycles. The molecule has 0 aliphatic heterocycles. The van der Waals surface area contributed by atoms with Gasteiger partial charge in [0.25, 0.3) is 0 Å². The summed E-state index contributed by atoms with van der Waals surface area (Å²) in [7, 11) is 3.92. The van der Waals surface area contributed by atoms with Gasteiger partial charge in [-0.25, -0.2) is 15.0 Å². The summed E-state index contributed by atoms with van der Waals surface area (Å²) in [5.74, 6) is 1.92. The summed E-state index contributed by atoms with van der Waals surface area (Å²) < 4.78 is 0. The minimum absolute atomic E-state index is 0.0357. The smallest absolute Gasteiger partial charge is 0.230 e. The average molecular weight is 402 g/mol.